The lowest BCUT2D eigenvalue weighted by Gasteiger charge is -2.22. The van der Waals surface area contributed by atoms with Gasteiger partial charge in [0.25, 0.3) is 0 Å². The van der Waals surface area contributed by atoms with Crippen molar-refractivity contribution in [1.29, 1.82) is 0 Å². The molecule has 0 saturated carbocycles. The quantitative estimate of drug-likeness (QED) is 0.736. The molecule has 0 spiro atoms. The first kappa shape index (κ1) is 13.5. The molecule has 1 amide bonds. The van der Waals surface area contributed by atoms with Crippen LogP contribution in [0.4, 0.5) is 0 Å². The van der Waals surface area contributed by atoms with E-state index in [0.29, 0.717) is 30.7 Å². The van der Waals surface area contributed by atoms with E-state index in [-0.39, 0.29) is 5.91 Å². The number of nitrogens with one attached hydrogen (secondary N) is 2. The monoisotopic (exact) mass is 246 g/mol. The van der Waals surface area contributed by atoms with Gasteiger partial charge in [-0.1, -0.05) is 18.2 Å². The largest absolute Gasteiger partial charge is 0.378 e. The smallest absolute Gasteiger partial charge is 0.222 e. The molecular formula is C11H19ClN2O2. The van der Waals surface area contributed by atoms with E-state index in [9.17, 15) is 4.79 Å². The molecule has 1 aliphatic rings. The van der Waals surface area contributed by atoms with Gasteiger partial charge in [0.15, 0.2) is 0 Å². The second kappa shape index (κ2) is 7.65. The average Bonchev–Trinajstić information content (AvgIpc) is 2.28. The Labute approximate surface area is 101 Å². The molecule has 5 heteroatoms. The van der Waals surface area contributed by atoms with Crippen LogP contribution in [0, 0.1) is 0 Å². The Morgan fingerprint density at radius 1 is 1.50 bits per heavy atom. The van der Waals surface area contributed by atoms with E-state index >= 15 is 0 Å². The third kappa shape index (κ3) is 6.10. The molecule has 92 valence electrons. The number of carbonyl (C=O) groups is 1. The standard InChI is InChI=1S/C11H19ClN2O2/c1-9(12)8-14-11(15)4-7-16-10-2-5-13-6-3-10/h10,13H,1-8H2,(H,14,15). The fourth-order valence-corrected chi connectivity index (χ4v) is 1.63. The summed E-state index contributed by atoms with van der Waals surface area (Å²) < 4.78 is 5.60. The minimum absolute atomic E-state index is 0.0456. The predicted octanol–water partition coefficient (Wildman–Crippen LogP) is 1.01. The van der Waals surface area contributed by atoms with Crippen molar-refractivity contribution < 1.29 is 9.53 Å². The molecule has 1 saturated heterocycles. The maximum absolute atomic E-state index is 11.3. The fraction of sp³-hybridized carbons (Fsp3) is 0.727. The Kier molecular flexibility index (Phi) is 6.45. The van der Waals surface area contributed by atoms with Gasteiger partial charge < -0.3 is 15.4 Å². The molecule has 1 heterocycles. The van der Waals surface area contributed by atoms with E-state index < -0.39 is 0 Å². The Morgan fingerprint density at radius 3 is 2.81 bits per heavy atom. The van der Waals surface area contributed by atoms with Crippen LogP contribution in [0.5, 0.6) is 0 Å². The number of ether oxygens (including phenoxy) is 1. The molecule has 0 aromatic heterocycles. The average molecular weight is 247 g/mol. The van der Waals surface area contributed by atoms with Crippen molar-refractivity contribution in [3.8, 4) is 0 Å². The molecule has 1 fully saturated rings. The zero-order chi connectivity index (χ0) is 11.8. The third-order valence-corrected chi connectivity index (χ3v) is 2.58. The highest BCUT2D eigenvalue weighted by Gasteiger charge is 2.13. The molecule has 0 aliphatic carbocycles. The summed E-state index contributed by atoms with van der Waals surface area (Å²) in [5, 5.41) is 6.36. The summed E-state index contributed by atoms with van der Waals surface area (Å²) in [5.74, 6) is -0.0456. The van der Waals surface area contributed by atoms with E-state index in [4.69, 9.17) is 16.3 Å². The van der Waals surface area contributed by atoms with Crippen LogP contribution in [0.2, 0.25) is 0 Å². The highest BCUT2D eigenvalue weighted by Crippen LogP contribution is 2.07. The van der Waals surface area contributed by atoms with Gasteiger partial charge in [0, 0.05) is 11.5 Å². The minimum Gasteiger partial charge on any atom is -0.378 e. The van der Waals surface area contributed by atoms with Gasteiger partial charge in [-0.15, -0.1) is 0 Å². The molecule has 0 unspecified atom stereocenters. The summed E-state index contributed by atoms with van der Waals surface area (Å²) in [4.78, 5) is 11.3. The normalized spacial score (nSPS) is 17.1. The number of halogens is 1. The Bertz CT molecular complexity index is 240. The maximum Gasteiger partial charge on any atom is 0.222 e. The van der Waals surface area contributed by atoms with E-state index in [2.05, 4.69) is 17.2 Å². The van der Waals surface area contributed by atoms with Gasteiger partial charge in [-0.2, -0.15) is 0 Å². The van der Waals surface area contributed by atoms with Gasteiger partial charge >= 0.3 is 0 Å². The van der Waals surface area contributed by atoms with Crippen LogP contribution in [-0.4, -0.2) is 38.3 Å². The lowest BCUT2D eigenvalue weighted by Crippen LogP contribution is -2.33. The second-order valence-corrected chi connectivity index (χ2v) is 4.40. The van der Waals surface area contributed by atoms with Gasteiger partial charge in [-0.3, -0.25) is 4.79 Å². The summed E-state index contributed by atoms with van der Waals surface area (Å²) in [6.45, 7) is 6.30. The Hall–Kier alpha value is -0.580. The molecule has 0 aromatic carbocycles. The van der Waals surface area contributed by atoms with Crippen molar-refractivity contribution >= 4 is 17.5 Å². The Morgan fingerprint density at radius 2 is 2.19 bits per heavy atom. The third-order valence-electron chi connectivity index (χ3n) is 2.45. The topological polar surface area (TPSA) is 50.4 Å². The van der Waals surface area contributed by atoms with E-state index in [1.807, 2.05) is 0 Å². The summed E-state index contributed by atoms with van der Waals surface area (Å²) in [6, 6.07) is 0. The number of carbonyl (C=O) groups excluding carboxylic acids is 1. The van der Waals surface area contributed by atoms with Gasteiger partial charge in [0.1, 0.15) is 0 Å². The molecule has 0 aromatic rings. The maximum atomic E-state index is 11.3. The zero-order valence-electron chi connectivity index (χ0n) is 9.43. The molecular weight excluding hydrogens is 228 g/mol. The molecule has 1 aliphatic heterocycles. The first-order chi connectivity index (χ1) is 7.68. The summed E-state index contributed by atoms with van der Waals surface area (Å²) >= 11 is 5.53. The minimum atomic E-state index is -0.0456. The molecule has 0 bridgehead atoms. The van der Waals surface area contributed by atoms with Crippen LogP contribution in [0.25, 0.3) is 0 Å². The van der Waals surface area contributed by atoms with Crippen LogP contribution in [0.15, 0.2) is 11.6 Å². The molecule has 1 rings (SSSR count). The predicted molar refractivity (Wildman–Crippen MR) is 64.5 cm³/mol. The van der Waals surface area contributed by atoms with Crippen LogP contribution in [0.1, 0.15) is 19.3 Å². The van der Waals surface area contributed by atoms with E-state index in [1.165, 1.54) is 0 Å². The number of hydrogen-bond acceptors (Lipinski definition) is 3. The summed E-state index contributed by atoms with van der Waals surface area (Å²) in [5.41, 5.74) is 0. The van der Waals surface area contributed by atoms with Gasteiger partial charge in [0.05, 0.1) is 19.3 Å². The lowest BCUT2D eigenvalue weighted by molar-refractivity contribution is -0.122. The van der Waals surface area contributed by atoms with E-state index in [1.54, 1.807) is 0 Å². The van der Waals surface area contributed by atoms with Crippen LogP contribution >= 0.6 is 11.6 Å². The van der Waals surface area contributed by atoms with E-state index in [0.717, 1.165) is 25.9 Å². The van der Waals surface area contributed by atoms with Crippen molar-refractivity contribution in [1.82, 2.24) is 10.6 Å². The van der Waals surface area contributed by atoms with Crippen molar-refractivity contribution in [3.05, 3.63) is 11.6 Å². The SMILES string of the molecule is C=C(Cl)CNC(=O)CCOC1CCNCC1. The number of rotatable bonds is 6. The van der Waals surface area contributed by atoms with Crippen molar-refractivity contribution in [2.45, 2.75) is 25.4 Å². The Balaban J connectivity index is 2.01. The zero-order valence-corrected chi connectivity index (χ0v) is 10.2. The van der Waals surface area contributed by atoms with Crippen LogP contribution < -0.4 is 10.6 Å². The first-order valence-corrected chi connectivity index (χ1v) is 5.98. The van der Waals surface area contributed by atoms with Crippen molar-refractivity contribution in [2.75, 3.05) is 26.2 Å². The number of amides is 1. The van der Waals surface area contributed by atoms with Crippen LogP contribution in [0.3, 0.4) is 0 Å². The number of hydrogen-bond donors (Lipinski definition) is 2. The van der Waals surface area contributed by atoms with Gasteiger partial charge in [-0.25, -0.2) is 0 Å². The highest BCUT2D eigenvalue weighted by molar-refractivity contribution is 6.29. The summed E-state index contributed by atoms with van der Waals surface area (Å²) in [6.07, 6.45) is 2.74. The van der Waals surface area contributed by atoms with Crippen molar-refractivity contribution in [2.24, 2.45) is 0 Å². The molecule has 2 N–H and O–H groups in total. The lowest BCUT2D eigenvalue weighted by atomic mass is 10.1. The number of piperidine rings is 1. The molecule has 0 radical (unpaired) electrons. The fourth-order valence-electron chi connectivity index (χ4n) is 1.56. The highest BCUT2D eigenvalue weighted by atomic mass is 35.5. The molecule has 0 atom stereocenters. The van der Waals surface area contributed by atoms with Crippen LogP contribution in [-0.2, 0) is 9.53 Å². The first-order valence-electron chi connectivity index (χ1n) is 5.61. The summed E-state index contributed by atoms with van der Waals surface area (Å²) in [7, 11) is 0. The van der Waals surface area contributed by atoms with Gasteiger partial charge in [-0.05, 0) is 25.9 Å². The molecule has 4 nitrogen and oxygen atoms in total. The second-order valence-electron chi connectivity index (χ2n) is 3.86. The molecule has 16 heavy (non-hydrogen) atoms. The van der Waals surface area contributed by atoms with Crippen molar-refractivity contribution in [3.63, 3.8) is 0 Å². The van der Waals surface area contributed by atoms with Gasteiger partial charge in [0.2, 0.25) is 5.91 Å².